The maximum Gasteiger partial charge on any atom is -0.00257 e. The number of hydrogen-bond donors (Lipinski definition) is 0. The quantitative estimate of drug-likeness (QED) is 0.520. The Balaban J connectivity index is 0.00000134. The van der Waals surface area contributed by atoms with Gasteiger partial charge in [0.05, 0.1) is 0 Å². The van der Waals surface area contributed by atoms with E-state index in [1.807, 2.05) is 27.7 Å². The van der Waals surface area contributed by atoms with Gasteiger partial charge >= 0.3 is 0 Å². The fraction of sp³-hybridized carbons (Fsp3) is 0.520. The summed E-state index contributed by atoms with van der Waals surface area (Å²) >= 11 is 0. The van der Waals surface area contributed by atoms with Crippen molar-refractivity contribution in [1.82, 2.24) is 0 Å². The molecule has 0 aromatic heterocycles. The van der Waals surface area contributed by atoms with E-state index in [1.165, 1.54) is 22.3 Å². The van der Waals surface area contributed by atoms with E-state index in [0.717, 1.165) is 6.42 Å². The Hall–Kier alpha value is -1.56. The van der Waals surface area contributed by atoms with Gasteiger partial charge < -0.3 is 0 Å². The highest BCUT2D eigenvalue weighted by Crippen LogP contribution is 2.25. The molecule has 0 heterocycles. The first-order valence-electron chi connectivity index (χ1n) is 9.85. The molecule has 0 amide bonds. The Morgan fingerprint density at radius 3 is 1.48 bits per heavy atom. The summed E-state index contributed by atoms with van der Waals surface area (Å²) in [6, 6.07) is 18.1. The van der Waals surface area contributed by atoms with Gasteiger partial charge in [-0.1, -0.05) is 118 Å². The second-order valence-electron chi connectivity index (χ2n) is 8.07. The van der Waals surface area contributed by atoms with Crippen molar-refractivity contribution in [3.8, 4) is 0 Å². The third-order valence-electron chi connectivity index (χ3n) is 4.02. The molecule has 0 N–H and O–H groups in total. The Bertz CT molecular complexity index is 589. The normalized spacial score (nSPS) is 11.0. The van der Waals surface area contributed by atoms with Crippen LogP contribution in [0.15, 0.2) is 48.5 Å². The average Bonchev–Trinajstić information content (AvgIpc) is 2.58. The van der Waals surface area contributed by atoms with Crippen LogP contribution in [0, 0.1) is 0 Å². The summed E-state index contributed by atoms with van der Waals surface area (Å²) in [7, 11) is 0. The smallest absolute Gasteiger partial charge is 0.00257 e. The molecule has 0 radical (unpaired) electrons. The minimum absolute atomic E-state index is 0.214. The number of benzene rings is 2. The largest absolute Gasteiger partial charge is 0.0683 e. The van der Waals surface area contributed by atoms with Gasteiger partial charge in [-0.25, -0.2) is 0 Å². The number of hydrogen-bond acceptors (Lipinski definition) is 0. The summed E-state index contributed by atoms with van der Waals surface area (Å²) in [5.74, 6) is 0. The Morgan fingerprint density at radius 1 is 0.560 bits per heavy atom. The minimum atomic E-state index is 0.214. The van der Waals surface area contributed by atoms with Crippen molar-refractivity contribution in [2.24, 2.45) is 0 Å². The van der Waals surface area contributed by atoms with Gasteiger partial charge in [-0.2, -0.15) is 0 Å². The van der Waals surface area contributed by atoms with Gasteiger partial charge in [0.2, 0.25) is 0 Å². The van der Waals surface area contributed by atoms with E-state index in [2.05, 4.69) is 90.1 Å². The van der Waals surface area contributed by atoms with Gasteiger partial charge in [0.1, 0.15) is 0 Å². The SMILES string of the molecule is CC.CC.CC(C)(C)c1ccc(Cc2cccc(C(C)(C)C)c2)cc1. The summed E-state index contributed by atoms with van der Waals surface area (Å²) in [6.45, 7) is 21.6. The summed E-state index contributed by atoms with van der Waals surface area (Å²) in [4.78, 5) is 0. The Kier molecular flexibility index (Phi) is 9.78. The van der Waals surface area contributed by atoms with E-state index in [-0.39, 0.29) is 10.8 Å². The van der Waals surface area contributed by atoms with E-state index in [9.17, 15) is 0 Å². The molecular weight excluding hydrogens is 300 g/mol. The summed E-state index contributed by atoms with van der Waals surface area (Å²) in [6.07, 6.45) is 1.01. The summed E-state index contributed by atoms with van der Waals surface area (Å²) < 4.78 is 0. The van der Waals surface area contributed by atoms with Gasteiger partial charge in [-0.15, -0.1) is 0 Å². The molecule has 2 aromatic carbocycles. The van der Waals surface area contributed by atoms with E-state index in [4.69, 9.17) is 0 Å². The molecule has 0 nitrogen and oxygen atoms in total. The summed E-state index contributed by atoms with van der Waals surface area (Å²) in [5, 5.41) is 0. The maximum absolute atomic E-state index is 2.34. The third-order valence-corrected chi connectivity index (χ3v) is 4.02. The molecule has 140 valence electrons. The molecule has 0 aliphatic rings. The van der Waals surface area contributed by atoms with Gasteiger partial charge in [-0.3, -0.25) is 0 Å². The Morgan fingerprint density at radius 2 is 1.04 bits per heavy atom. The zero-order valence-electron chi connectivity index (χ0n) is 18.3. The van der Waals surface area contributed by atoms with Crippen LogP contribution in [0.4, 0.5) is 0 Å². The van der Waals surface area contributed by atoms with E-state index in [1.54, 1.807) is 0 Å². The second kappa shape index (κ2) is 10.4. The van der Waals surface area contributed by atoms with Crippen molar-refractivity contribution in [3.63, 3.8) is 0 Å². The van der Waals surface area contributed by atoms with Crippen molar-refractivity contribution < 1.29 is 0 Å². The molecule has 0 heteroatoms. The van der Waals surface area contributed by atoms with Crippen LogP contribution in [0.25, 0.3) is 0 Å². The van der Waals surface area contributed by atoms with Crippen LogP contribution in [-0.4, -0.2) is 0 Å². The van der Waals surface area contributed by atoms with Crippen LogP contribution in [0.3, 0.4) is 0 Å². The fourth-order valence-corrected chi connectivity index (χ4v) is 2.51. The highest BCUT2D eigenvalue weighted by atomic mass is 14.2. The topological polar surface area (TPSA) is 0 Å². The van der Waals surface area contributed by atoms with Crippen LogP contribution >= 0.6 is 0 Å². The molecule has 0 aliphatic heterocycles. The van der Waals surface area contributed by atoms with Gasteiger partial charge in [-0.05, 0) is 39.5 Å². The predicted molar refractivity (Wildman–Crippen MR) is 116 cm³/mol. The first-order chi connectivity index (χ1) is 11.7. The van der Waals surface area contributed by atoms with Crippen LogP contribution < -0.4 is 0 Å². The standard InChI is InChI=1S/C21H28.2C2H6/c1-20(2,3)18-12-10-16(11-13-18)14-17-8-7-9-19(15-17)21(4,5)6;2*1-2/h7-13,15H,14H2,1-6H3;2*1-2H3. The van der Waals surface area contributed by atoms with Crippen molar-refractivity contribution >= 4 is 0 Å². The molecule has 0 spiro atoms. The maximum atomic E-state index is 2.34. The lowest BCUT2D eigenvalue weighted by atomic mass is 9.85. The first kappa shape index (κ1) is 23.4. The first-order valence-corrected chi connectivity index (χ1v) is 9.85. The molecule has 0 saturated carbocycles. The molecule has 2 aromatic rings. The monoisotopic (exact) mass is 340 g/mol. The fourth-order valence-electron chi connectivity index (χ4n) is 2.51. The highest BCUT2D eigenvalue weighted by molar-refractivity contribution is 5.34. The van der Waals surface area contributed by atoms with Gasteiger partial charge in [0.15, 0.2) is 0 Å². The third kappa shape index (κ3) is 7.90. The number of rotatable bonds is 2. The second-order valence-corrected chi connectivity index (χ2v) is 8.07. The molecular formula is C25H40. The van der Waals surface area contributed by atoms with Crippen molar-refractivity contribution in [2.45, 2.75) is 86.5 Å². The molecule has 2 rings (SSSR count). The predicted octanol–water partition coefficient (Wildman–Crippen LogP) is 7.92. The Labute approximate surface area is 157 Å². The highest BCUT2D eigenvalue weighted by Gasteiger charge is 2.14. The zero-order valence-corrected chi connectivity index (χ0v) is 18.3. The lowest BCUT2D eigenvalue weighted by Gasteiger charge is -2.20. The average molecular weight is 341 g/mol. The zero-order chi connectivity index (χ0) is 19.7. The van der Waals surface area contributed by atoms with E-state index < -0.39 is 0 Å². The van der Waals surface area contributed by atoms with E-state index >= 15 is 0 Å². The molecule has 0 saturated heterocycles. The molecule has 0 bridgehead atoms. The van der Waals surface area contributed by atoms with Crippen molar-refractivity contribution in [3.05, 3.63) is 70.8 Å². The van der Waals surface area contributed by atoms with Crippen molar-refractivity contribution in [1.29, 1.82) is 0 Å². The van der Waals surface area contributed by atoms with E-state index in [0.29, 0.717) is 0 Å². The minimum Gasteiger partial charge on any atom is -0.0683 e. The molecule has 0 unspecified atom stereocenters. The lowest BCUT2D eigenvalue weighted by molar-refractivity contribution is 0.589. The van der Waals surface area contributed by atoms with Crippen LogP contribution in [0.5, 0.6) is 0 Å². The molecule has 0 atom stereocenters. The van der Waals surface area contributed by atoms with Crippen LogP contribution in [-0.2, 0) is 17.3 Å². The van der Waals surface area contributed by atoms with Gasteiger partial charge in [0, 0.05) is 0 Å². The molecule has 0 fully saturated rings. The van der Waals surface area contributed by atoms with Gasteiger partial charge in [0.25, 0.3) is 0 Å². The molecule has 25 heavy (non-hydrogen) atoms. The summed E-state index contributed by atoms with van der Waals surface area (Å²) in [5.41, 5.74) is 6.03. The lowest BCUT2D eigenvalue weighted by Crippen LogP contribution is -2.11. The van der Waals surface area contributed by atoms with Crippen molar-refractivity contribution in [2.75, 3.05) is 0 Å². The van der Waals surface area contributed by atoms with Crippen LogP contribution in [0.2, 0.25) is 0 Å². The molecule has 0 aliphatic carbocycles. The van der Waals surface area contributed by atoms with Crippen LogP contribution in [0.1, 0.15) is 91.5 Å².